The van der Waals surface area contributed by atoms with Crippen LogP contribution < -0.4 is 14.8 Å². The maximum Gasteiger partial charge on any atom is 0.255 e. The highest BCUT2D eigenvalue weighted by atomic mass is 32.2. The van der Waals surface area contributed by atoms with Crippen LogP contribution in [0.1, 0.15) is 24.2 Å². The fourth-order valence-electron chi connectivity index (χ4n) is 2.32. The van der Waals surface area contributed by atoms with E-state index in [1.165, 1.54) is 38.4 Å². The Morgan fingerprint density at radius 2 is 1.56 bits per heavy atom. The molecule has 0 saturated carbocycles. The van der Waals surface area contributed by atoms with Crippen LogP contribution >= 0.6 is 0 Å². The van der Waals surface area contributed by atoms with Crippen LogP contribution in [0.5, 0.6) is 11.5 Å². The van der Waals surface area contributed by atoms with Crippen molar-refractivity contribution >= 4 is 21.6 Å². The van der Waals surface area contributed by atoms with Gasteiger partial charge in [-0.15, -0.1) is 0 Å². The Kier molecular flexibility index (Phi) is 6.81. The van der Waals surface area contributed by atoms with Crippen LogP contribution in [-0.4, -0.2) is 45.9 Å². The predicted molar refractivity (Wildman–Crippen MR) is 104 cm³/mol. The highest BCUT2D eigenvalue weighted by Gasteiger charge is 2.17. The second-order valence-corrected chi connectivity index (χ2v) is 7.95. The molecule has 0 aliphatic carbocycles. The number of rotatable bonds is 8. The van der Waals surface area contributed by atoms with E-state index in [1.54, 1.807) is 18.2 Å². The van der Waals surface area contributed by atoms with Gasteiger partial charge in [0.15, 0.2) is 11.5 Å². The van der Waals surface area contributed by atoms with Gasteiger partial charge >= 0.3 is 0 Å². The summed E-state index contributed by atoms with van der Waals surface area (Å²) in [6.45, 7) is 4.73. The largest absolute Gasteiger partial charge is 0.490 e. The minimum atomic E-state index is -3.53. The van der Waals surface area contributed by atoms with Crippen molar-refractivity contribution in [2.45, 2.75) is 18.7 Å². The summed E-state index contributed by atoms with van der Waals surface area (Å²) in [6.07, 6.45) is 0. The summed E-state index contributed by atoms with van der Waals surface area (Å²) in [4.78, 5) is 12.6. The number of benzene rings is 2. The molecule has 0 unspecified atom stereocenters. The van der Waals surface area contributed by atoms with Crippen molar-refractivity contribution in [2.75, 3.05) is 32.6 Å². The zero-order chi connectivity index (χ0) is 20.0. The predicted octanol–water partition coefficient (Wildman–Crippen LogP) is 2.99. The first-order valence-electron chi connectivity index (χ1n) is 8.53. The van der Waals surface area contributed by atoms with Crippen LogP contribution in [0.2, 0.25) is 0 Å². The number of nitrogens with zero attached hydrogens (tertiary/aromatic N) is 1. The lowest BCUT2D eigenvalue weighted by atomic mass is 10.2. The summed E-state index contributed by atoms with van der Waals surface area (Å²) in [5, 5.41) is 2.77. The van der Waals surface area contributed by atoms with Crippen molar-refractivity contribution in [3.8, 4) is 11.5 Å². The molecular formula is C19H24N2O5S. The topological polar surface area (TPSA) is 84.9 Å². The van der Waals surface area contributed by atoms with Gasteiger partial charge in [-0.3, -0.25) is 4.79 Å². The van der Waals surface area contributed by atoms with E-state index in [1.807, 2.05) is 13.8 Å². The van der Waals surface area contributed by atoms with Crippen LogP contribution in [-0.2, 0) is 10.0 Å². The zero-order valence-corrected chi connectivity index (χ0v) is 16.7. The first-order valence-corrected chi connectivity index (χ1v) is 9.97. The molecule has 0 heterocycles. The van der Waals surface area contributed by atoms with E-state index in [0.29, 0.717) is 36.0 Å². The van der Waals surface area contributed by atoms with Gasteiger partial charge < -0.3 is 14.8 Å². The van der Waals surface area contributed by atoms with E-state index in [9.17, 15) is 13.2 Å². The van der Waals surface area contributed by atoms with E-state index in [4.69, 9.17) is 9.47 Å². The Hall–Kier alpha value is -2.58. The molecule has 146 valence electrons. The summed E-state index contributed by atoms with van der Waals surface area (Å²) in [6, 6.07) is 10.9. The molecule has 0 atom stereocenters. The first kappa shape index (κ1) is 20.7. The molecule has 1 N–H and O–H groups in total. The van der Waals surface area contributed by atoms with Crippen molar-refractivity contribution in [1.82, 2.24) is 4.31 Å². The highest BCUT2D eigenvalue weighted by Crippen LogP contribution is 2.30. The second-order valence-electron chi connectivity index (χ2n) is 5.79. The molecule has 8 heteroatoms. The Morgan fingerprint density at radius 1 is 0.963 bits per heavy atom. The molecule has 0 aliphatic heterocycles. The number of carbonyl (C=O) groups is 1. The number of anilines is 1. The summed E-state index contributed by atoms with van der Waals surface area (Å²) >= 11 is 0. The molecule has 0 aromatic heterocycles. The van der Waals surface area contributed by atoms with Gasteiger partial charge in [-0.25, -0.2) is 12.7 Å². The summed E-state index contributed by atoms with van der Waals surface area (Å²) < 4.78 is 36.3. The molecule has 0 fully saturated rings. The Labute approximate surface area is 160 Å². The minimum Gasteiger partial charge on any atom is -0.490 e. The molecule has 0 spiro atoms. The van der Waals surface area contributed by atoms with Gasteiger partial charge in [-0.05, 0) is 50.2 Å². The molecule has 2 aromatic rings. The third kappa shape index (κ3) is 4.99. The molecule has 27 heavy (non-hydrogen) atoms. The number of ether oxygens (including phenoxy) is 2. The van der Waals surface area contributed by atoms with Gasteiger partial charge in [0.25, 0.3) is 5.91 Å². The number of sulfonamides is 1. The molecule has 2 aromatic carbocycles. The SMILES string of the molecule is CCOc1ccc(NC(=O)c2ccc(S(=O)(=O)N(C)C)cc2)cc1OCC. The average Bonchev–Trinajstić information content (AvgIpc) is 2.64. The molecule has 0 bridgehead atoms. The third-order valence-corrected chi connectivity index (χ3v) is 5.53. The van der Waals surface area contributed by atoms with Crippen LogP contribution in [0.15, 0.2) is 47.4 Å². The Balaban J connectivity index is 2.18. The number of amides is 1. The lowest BCUT2D eigenvalue weighted by Gasteiger charge is -2.13. The van der Waals surface area contributed by atoms with Crippen molar-refractivity contribution in [2.24, 2.45) is 0 Å². The summed E-state index contributed by atoms with van der Waals surface area (Å²) in [5.41, 5.74) is 0.899. The smallest absolute Gasteiger partial charge is 0.255 e. The maximum absolute atomic E-state index is 12.4. The maximum atomic E-state index is 12.4. The van der Waals surface area contributed by atoms with Crippen molar-refractivity contribution in [3.05, 3.63) is 48.0 Å². The van der Waals surface area contributed by atoms with Gasteiger partial charge in [0, 0.05) is 31.4 Å². The van der Waals surface area contributed by atoms with E-state index in [-0.39, 0.29) is 10.8 Å². The molecule has 1 amide bonds. The minimum absolute atomic E-state index is 0.128. The lowest BCUT2D eigenvalue weighted by molar-refractivity contribution is 0.102. The molecule has 2 rings (SSSR count). The fraction of sp³-hybridized carbons (Fsp3) is 0.316. The molecule has 0 radical (unpaired) electrons. The number of nitrogens with one attached hydrogen (secondary N) is 1. The van der Waals surface area contributed by atoms with Crippen molar-refractivity contribution < 1.29 is 22.7 Å². The van der Waals surface area contributed by atoms with E-state index < -0.39 is 10.0 Å². The van der Waals surface area contributed by atoms with E-state index in [0.717, 1.165) is 4.31 Å². The van der Waals surface area contributed by atoms with E-state index >= 15 is 0 Å². The van der Waals surface area contributed by atoms with Gasteiger partial charge in [0.05, 0.1) is 18.1 Å². The van der Waals surface area contributed by atoms with Gasteiger partial charge in [-0.1, -0.05) is 0 Å². The average molecular weight is 392 g/mol. The molecule has 7 nitrogen and oxygen atoms in total. The second kappa shape index (κ2) is 8.88. The van der Waals surface area contributed by atoms with Crippen molar-refractivity contribution in [1.29, 1.82) is 0 Å². The summed E-state index contributed by atoms with van der Waals surface area (Å²) in [7, 11) is -0.617. The van der Waals surface area contributed by atoms with Crippen LogP contribution in [0, 0.1) is 0 Å². The standard InChI is InChI=1S/C19H24N2O5S/c1-5-25-17-12-9-15(13-18(17)26-6-2)20-19(22)14-7-10-16(11-8-14)27(23,24)21(3)4/h7-13H,5-6H2,1-4H3,(H,20,22). The normalized spacial score (nSPS) is 11.3. The Bertz CT molecular complexity index is 893. The third-order valence-electron chi connectivity index (χ3n) is 3.70. The number of carbonyl (C=O) groups excluding carboxylic acids is 1. The highest BCUT2D eigenvalue weighted by molar-refractivity contribution is 7.89. The van der Waals surface area contributed by atoms with Crippen LogP contribution in [0.4, 0.5) is 5.69 Å². The number of hydrogen-bond acceptors (Lipinski definition) is 5. The van der Waals surface area contributed by atoms with Crippen LogP contribution in [0.3, 0.4) is 0 Å². The number of hydrogen-bond donors (Lipinski definition) is 1. The fourth-order valence-corrected chi connectivity index (χ4v) is 3.22. The van der Waals surface area contributed by atoms with Crippen LogP contribution in [0.25, 0.3) is 0 Å². The monoisotopic (exact) mass is 392 g/mol. The van der Waals surface area contributed by atoms with Crippen molar-refractivity contribution in [3.63, 3.8) is 0 Å². The quantitative estimate of drug-likeness (QED) is 0.746. The van der Waals surface area contributed by atoms with Gasteiger partial charge in [0.2, 0.25) is 10.0 Å². The molecule has 0 aliphatic rings. The first-order chi connectivity index (χ1) is 12.8. The summed E-state index contributed by atoms with van der Waals surface area (Å²) in [5.74, 6) is 0.801. The molecular weight excluding hydrogens is 368 g/mol. The molecule has 0 saturated heterocycles. The van der Waals surface area contributed by atoms with E-state index in [2.05, 4.69) is 5.32 Å². The van der Waals surface area contributed by atoms with Gasteiger partial charge in [-0.2, -0.15) is 0 Å². The lowest BCUT2D eigenvalue weighted by Crippen LogP contribution is -2.22. The zero-order valence-electron chi connectivity index (χ0n) is 15.9. The Morgan fingerprint density at radius 3 is 2.11 bits per heavy atom. The van der Waals surface area contributed by atoms with Gasteiger partial charge in [0.1, 0.15) is 0 Å².